The van der Waals surface area contributed by atoms with Gasteiger partial charge in [-0.15, -0.1) is 0 Å². The van der Waals surface area contributed by atoms with Gasteiger partial charge < -0.3 is 14.2 Å². The molecule has 0 saturated heterocycles. The first kappa shape index (κ1) is 31.4. The van der Waals surface area contributed by atoms with E-state index in [1.807, 2.05) is 12.1 Å². The van der Waals surface area contributed by atoms with Crippen LogP contribution in [0.3, 0.4) is 0 Å². The van der Waals surface area contributed by atoms with Gasteiger partial charge in [0.1, 0.15) is 18.1 Å². The first-order valence-corrected chi connectivity index (χ1v) is 15.4. The highest BCUT2D eigenvalue weighted by molar-refractivity contribution is 5.82. The maximum absolute atomic E-state index is 6.48. The maximum Gasteiger partial charge on any atom is 0.202 e. The first-order valence-electron chi connectivity index (χ1n) is 15.4. The molecule has 42 heavy (non-hydrogen) atoms. The summed E-state index contributed by atoms with van der Waals surface area (Å²) in [6.07, 6.45) is 0.787. The molecule has 0 aliphatic heterocycles. The smallest absolute Gasteiger partial charge is 0.202 e. The van der Waals surface area contributed by atoms with E-state index in [1.165, 1.54) is 5.56 Å². The van der Waals surface area contributed by atoms with Gasteiger partial charge >= 0.3 is 0 Å². The molecule has 0 aliphatic rings. The Kier molecular flexibility index (Phi) is 10.9. The van der Waals surface area contributed by atoms with E-state index in [9.17, 15) is 0 Å². The molecule has 4 rings (SSSR count). The van der Waals surface area contributed by atoms with Crippen molar-refractivity contribution in [1.29, 1.82) is 0 Å². The van der Waals surface area contributed by atoms with Crippen LogP contribution in [0.1, 0.15) is 66.4 Å². The third kappa shape index (κ3) is 8.72. The van der Waals surface area contributed by atoms with E-state index in [0.29, 0.717) is 25.0 Å². The van der Waals surface area contributed by atoms with Crippen LogP contribution in [0.5, 0.6) is 11.5 Å². The molecule has 0 bridgehead atoms. The molecular formula is C39H48O3. The third-order valence-electron chi connectivity index (χ3n) is 7.54. The Labute approximate surface area is 253 Å². The molecule has 2 unspecified atom stereocenters. The van der Waals surface area contributed by atoms with Gasteiger partial charge in [-0.2, -0.15) is 0 Å². The summed E-state index contributed by atoms with van der Waals surface area (Å²) >= 11 is 0. The number of hydrogen-bond donors (Lipinski definition) is 0. The minimum absolute atomic E-state index is 0.186. The molecule has 3 nitrogen and oxygen atoms in total. The number of benzene rings is 4. The van der Waals surface area contributed by atoms with Crippen molar-refractivity contribution in [1.82, 2.24) is 0 Å². The Bertz CT molecular complexity index is 1290. The van der Waals surface area contributed by atoms with Crippen LogP contribution in [0.25, 0.3) is 22.3 Å². The molecule has 3 heteroatoms. The molecule has 0 heterocycles. The second kappa shape index (κ2) is 14.6. The van der Waals surface area contributed by atoms with Crippen LogP contribution in [0, 0.1) is 17.3 Å². The van der Waals surface area contributed by atoms with E-state index < -0.39 is 0 Å². The average molecular weight is 565 g/mol. The molecule has 222 valence electrons. The van der Waals surface area contributed by atoms with Crippen LogP contribution in [0.15, 0.2) is 103 Å². The van der Waals surface area contributed by atoms with Crippen LogP contribution in [0.4, 0.5) is 0 Å². The largest absolute Gasteiger partial charge is 0.490 e. The summed E-state index contributed by atoms with van der Waals surface area (Å²) in [5.74, 6) is 2.99. The van der Waals surface area contributed by atoms with Gasteiger partial charge in [0.15, 0.2) is 0 Å². The normalized spacial score (nSPS) is 13.3. The van der Waals surface area contributed by atoms with E-state index in [0.717, 1.165) is 40.2 Å². The zero-order chi connectivity index (χ0) is 30.1. The molecule has 0 fully saturated rings. The van der Waals surface area contributed by atoms with Crippen molar-refractivity contribution in [3.63, 3.8) is 0 Å². The van der Waals surface area contributed by atoms with Crippen LogP contribution < -0.4 is 9.47 Å². The molecule has 4 aromatic rings. The van der Waals surface area contributed by atoms with E-state index in [1.54, 1.807) is 0 Å². The summed E-state index contributed by atoms with van der Waals surface area (Å²) < 4.78 is 19.1. The van der Waals surface area contributed by atoms with Gasteiger partial charge in [-0.3, -0.25) is 0 Å². The van der Waals surface area contributed by atoms with Crippen molar-refractivity contribution < 1.29 is 14.2 Å². The SMILES string of the molecule is CC(C)C(OCCOc1c(-c2ccccc2)cccc1-c1ccccc1)Oc1ccc(C(CC(C)(C)C)C(C)C)cc1. The topological polar surface area (TPSA) is 27.7 Å². The van der Waals surface area contributed by atoms with E-state index >= 15 is 0 Å². The summed E-state index contributed by atoms with van der Waals surface area (Å²) in [6.45, 7) is 16.6. The van der Waals surface area contributed by atoms with Gasteiger partial charge in [0, 0.05) is 17.0 Å². The fraction of sp³-hybridized carbons (Fsp3) is 0.385. The minimum atomic E-state index is -0.368. The zero-order valence-electron chi connectivity index (χ0n) is 26.5. The fourth-order valence-electron chi connectivity index (χ4n) is 5.38. The van der Waals surface area contributed by atoms with Crippen LogP contribution in [-0.4, -0.2) is 19.5 Å². The summed E-state index contributed by atoms with van der Waals surface area (Å²) in [4.78, 5) is 0. The highest BCUT2D eigenvalue weighted by Gasteiger charge is 2.23. The molecule has 0 radical (unpaired) electrons. The zero-order valence-corrected chi connectivity index (χ0v) is 26.5. The van der Waals surface area contributed by atoms with Crippen LogP contribution in [0.2, 0.25) is 0 Å². The second-order valence-electron chi connectivity index (χ2n) is 13.0. The summed E-state index contributed by atoms with van der Waals surface area (Å²) in [5.41, 5.74) is 6.04. The lowest BCUT2D eigenvalue weighted by Crippen LogP contribution is -2.28. The Morgan fingerprint density at radius 2 is 1.14 bits per heavy atom. The maximum atomic E-state index is 6.48. The molecule has 2 atom stereocenters. The van der Waals surface area contributed by atoms with E-state index in [-0.39, 0.29) is 17.6 Å². The number of hydrogen-bond acceptors (Lipinski definition) is 3. The van der Waals surface area contributed by atoms with Crippen molar-refractivity contribution in [2.75, 3.05) is 13.2 Å². The monoisotopic (exact) mass is 564 g/mol. The molecule has 0 N–H and O–H groups in total. The fourth-order valence-corrected chi connectivity index (χ4v) is 5.38. The summed E-state index contributed by atoms with van der Waals surface area (Å²) in [6, 6.07) is 35.7. The molecule has 0 aromatic heterocycles. The van der Waals surface area contributed by atoms with Gasteiger partial charge in [-0.1, -0.05) is 139 Å². The lowest BCUT2D eigenvalue weighted by Gasteiger charge is -2.29. The van der Waals surface area contributed by atoms with Gasteiger partial charge in [-0.05, 0) is 52.5 Å². The quantitative estimate of drug-likeness (QED) is 0.119. The Morgan fingerprint density at radius 3 is 1.62 bits per heavy atom. The minimum Gasteiger partial charge on any atom is -0.490 e. The third-order valence-corrected chi connectivity index (χ3v) is 7.54. The molecule has 0 amide bonds. The van der Waals surface area contributed by atoms with Gasteiger partial charge in [0.2, 0.25) is 6.29 Å². The summed E-state index contributed by atoms with van der Waals surface area (Å²) in [7, 11) is 0. The number of rotatable bonds is 13. The molecular weight excluding hydrogens is 516 g/mol. The average Bonchev–Trinajstić information content (AvgIpc) is 2.98. The number of ether oxygens (including phenoxy) is 3. The molecule has 0 saturated carbocycles. The van der Waals surface area contributed by atoms with Gasteiger partial charge in [0.05, 0.1) is 6.61 Å². The molecule has 0 aliphatic carbocycles. The lowest BCUT2D eigenvalue weighted by molar-refractivity contribution is -0.113. The van der Waals surface area contributed by atoms with Crippen molar-refractivity contribution >= 4 is 0 Å². The van der Waals surface area contributed by atoms with Crippen LogP contribution >= 0.6 is 0 Å². The predicted octanol–water partition coefficient (Wildman–Crippen LogP) is 10.7. The number of para-hydroxylation sites is 1. The van der Waals surface area contributed by atoms with Crippen molar-refractivity contribution in [2.45, 2.75) is 67.1 Å². The van der Waals surface area contributed by atoms with Crippen molar-refractivity contribution in [3.05, 3.63) is 109 Å². The molecule has 4 aromatic carbocycles. The highest BCUT2D eigenvalue weighted by Crippen LogP contribution is 2.39. The van der Waals surface area contributed by atoms with Crippen molar-refractivity contribution in [2.24, 2.45) is 17.3 Å². The Hall–Kier alpha value is -3.56. The standard InChI is InChI=1S/C39H48O3/c1-28(2)36(27-39(5,6)7)32-21-23-33(24-22-32)42-38(29(3)4)41-26-25-40-37-34(30-15-10-8-11-16-30)19-14-20-35(37)31-17-12-9-13-18-31/h8-24,28-29,36,38H,25-27H2,1-7H3. The second-order valence-corrected chi connectivity index (χ2v) is 13.0. The van der Waals surface area contributed by atoms with E-state index in [4.69, 9.17) is 14.2 Å². The Morgan fingerprint density at radius 1 is 0.595 bits per heavy atom. The first-order chi connectivity index (χ1) is 20.1. The predicted molar refractivity (Wildman–Crippen MR) is 176 cm³/mol. The molecule has 0 spiro atoms. The van der Waals surface area contributed by atoms with Crippen LogP contribution in [-0.2, 0) is 4.74 Å². The Balaban J connectivity index is 1.43. The van der Waals surface area contributed by atoms with Gasteiger partial charge in [0.25, 0.3) is 0 Å². The van der Waals surface area contributed by atoms with Crippen molar-refractivity contribution in [3.8, 4) is 33.8 Å². The summed E-state index contributed by atoms with van der Waals surface area (Å²) in [5, 5.41) is 0. The lowest BCUT2D eigenvalue weighted by atomic mass is 9.76. The van der Waals surface area contributed by atoms with E-state index in [2.05, 4.69) is 139 Å². The van der Waals surface area contributed by atoms with Gasteiger partial charge in [-0.25, -0.2) is 0 Å². The highest BCUT2D eigenvalue weighted by atomic mass is 16.7.